The number of rotatable bonds is 6. The normalized spacial score (nSPS) is 25.0. The number of ether oxygens (including phenoxy) is 1. The summed E-state index contributed by atoms with van der Waals surface area (Å²) in [7, 11) is 1.60. The van der Waals surface area contributed by atoms with Crippen LogP contribution in [0.3, 0.4) is 0 Å². The molecule has 0 radical (unpaired) electrons. The van der Waals surface area contributed by atoms with Crippen molar-refractivity contribution in [3.8, 4) is 0 Å². The van der Waals surface area contributed by atoms with Crippen molar-refractivity contribution in [3.63, 3.8) is 0 Å². The molecule has 130 valence electrons. The number of halogens is 1. The van der Waals surface area contributed by atoms with E-state index in [1.54, 1.807) is 25.3 Å². The van der Waals surface area contributed by atoms with Crippen molar-refractivity contribution in [1.82, 2.24) is 4.90 Å². The summed E-state index contributed by atoms with van der Waals surface area (Å²) in [5, 5.41) is 10.2. The van der Waals surface area contributed by atoms with Crippen LogP contribution in [0.2, 0.25) is 0 Å². The van der Waals surface area contributed by atoms with Crippen molar-refractivity contribution in [2.24, 2.45) is 5.92 Å². The molecule has 0 bridgehead atoms. The zero-order chi connectivity index (χ0) is 17.1. The van der Waals surface area contributed by atoms with Crippen molar-refractivity contribution in [2.75, 3.05) is 26.8 Å². The van der Waals surface area contributed by atoms with Gasteiger partial charge in [-0.05, 0) is 30.9 Å². The lowest BCUT2D eigenvalue weighted by molar-refractivity contribution is -0.126. The Bertz CT molecular complexity index is 627. The molecule has 0 amide bonds. The van der Waals surface area contributed by atoms with Gasteiger partial charge in [0.25, 0.3) is 0 Å². The van der Waals surface area contributed by atoms with Gasteiger partial charge in [-0.1, -0.05) is 24.3 Å². The lowest BCUT2D eigenvalue weighted by Crippen LogP contribution is -2.43. The van der Waals surface area contributed by atoms with Gasteiger partial charge in [-0.3, -0.25) is 9.69 Å². The Balaban J connectivity index is 1.88. The molecule has 2 fully saturated rings. The van der Waals surface area contributed by atoms with Gasteiger partial charge in [-0.15, -0.1) is 0 Å². The Morgan fingerprint density at radius 2 is 2.17 bits per heavy atom. The number of likely N-dealkylation sites (tertiary alicyclic amines) is 1. The number of carbonyl (C=O) groups excluding carboxylic acids is 1. The van der Waals surface area contributed by atoms with Crippen LogP contribution in [0.1, 0.15) is 30.9 Å². The topological polar surface area (TPSA) is 49.8 Å². The Morgan fingerprint density at radius 1 is 1.42 bits per heavy atom. The maximum Gasteiger partial charge on any atom is 0.157 e. The predicted octanol–water partition coefficient (Wildman–Crippen LogP) is 2.49. The molecule has 5 heteroatoms. The van der Waals surface area contributed by atoms with Crippen LogP contribution in [0, 0.1) is 11.7 Å². The second kappa shape index (κ2) is 7.55. The molecule has 1 N–H and O–H groups in total. The molecule has 0 spiro atoms. The summed E-state index contributed by atoms with van der Waals surface area (Å²) in [5.41, 5.74) is 1.28. The van der Waals surface area contributed by atoms with Gasteiger partial charge in [0, 0.05) is 31.7 Å². The average molecular weight is 333 g/mol. The largest absolute Gasteiger partial charge is 0.389 e. The monoisotopic (exact) mass is 333 g/mol. The van der Waals surface area contributed by atoms with Gasteiger partial charge in [0.2, 0.25) is 0 Å². The molecule has 1 heterocycles. The maximum atomic E-state index is 14.4. The highest BCUT2D eigenvalue weighted by molar-refractivity contribution is 5.89. The highest BCUT2D eigenvalue weighted by Gasteiger charge is 2.40. The van der Waals surface area contributed by atoms with E-state index in [4.69, 9.17) is 4.74 Å². The first-order chi connectivity index (χ1) is 11.6. The summed E-state index contributed by atoms with van der Waals surface area (Å²) in [4.78, 5) is 14.8. The van der Waals surface area contributed by atoms with Gasteiger partial charge >= 0.3 is 0 Å². The fourth-order valence-corrected chi connectivity index (χ4v) is 3.32. The number of nitrogens with zero attached hydrogens (tertiary/aromatic N) is 1. The van der Waals surface area contributed by atoms with E-state index >= 15 is 0 Å². The smallest absolute Gasteiger partial charge is 0.157 e. The minimum atomic E-state index is -0.572. The third-order valence-corrected chi connectivity index (χ3v) is 4.83. The van der Waals surface area contributed by atoms with Crippen molar-refractivity contribution in [1.29, 1.82) is 0 Å². The summed E-state index contributed by atoms with van der Waals surface area (Å²) in [5.74, 6) is -0.194. The quantitative estimate of drug-likeness (QED) is 0.813. The van der Waals surface area contributed by atoms with Gasteiger partial charge in [0.15, 0.2) is 5.78 Å². The van der Waals surface area contributed by atoms with Crippen LogP contribution in [-0.2, 0) is 9.53 Å². The third kappa shape index (κ3) is 3.74. The number of carbonyl (C=O) groups is 1. The molecular formula is C19H24FNO3. The second-order valence-electron chi connectivity index (χ2n) is 6.61. The summed E-state index contributed by atoms with van der Waals surface area (Å²) in [6, 6.07) is 5.94. The number of benzene rings is 1. The predicted molar refractivity (Wildman–Crippen MR) is 89.0 cm³/mol. The van der Waals surface area contributed by atoms with E-state index in [0.717, 1.165) is 18.4 Å². The van der Waals surface area contributed by atoms with Crippen LogP contribution < -0.4 is 0 Å². The minimum absolute atomic E-state index is 0.0489. The third-order valence-electron chi connectivity index (χ3n) is 4.83. The van der Waals surface area contributed by atoms with Gasteiger partial charge < -0.3 is 9.84 Å². The highest BCUT2D eigenvalue weighted by atomic mass is 19.1. The van der Waals surface area contributed by atoms with Gasteiger partial charge in [-0.2, -0.15) is 0 Å². The molecule has 2 atom stereocenters. The molecule has 1 aromatic rings. The van der Waals surface area contributed by atoms with Gasteiger partial charge in [-0.25, -0.2) is 4.39 Å². The Hall–Kier alpha value is -1.56. The zero-order valence-corrected chi connectivity index (χ0v) is 14.0. The number of Topliss-reactive ketones (excluding diaryl/α,β-unsaturated/α-hetero) is 1. The average Bonchev–Trinajstić information content (AvgIpc) is 3.42. The van der Waals surface area contributed by atoms with E-state index < -0.39 is 12.1 Å². The molecule has 1 saturated carbocycles. The van der Waals surface area contributed by atoms with Crippen LogP contribution in [0.25, 0.3) is 0 Å². The van der Waals surface area contributed by atoms with E-state index in [2.05, 4.69) is 0 Å². The fraction of sp³-hybridized carbons (Fsp3) is 0.526. The van der Waals surface area contributed by atoms with Crippen molar-refractivity contribution in [3.05, 3.63) is 47.3 Å². The standard InChI is InChI=1S/C19H24FNO3/c1-24-11-9-14-12-21(10-8-17(14)22)18(19(23)13-6-7-13)15-4-2-3-5-16(15)20/h2-5,9,13,17-18,22H,6-8,10-12H2,1H3. The Kier molecular flexibility index (Phi) is 5.43. The molecule has 1 aromatic carbocycles. The van der Waals surface area contributed by atoms with Crippen molar-refractivity contribution < 1.29 is 19.0 Å². The van der Waals surface area contributed by atoms with Crippen LogP contribution in [0.5, 0.6) is 0 Å². The number of aliphatic hydroxyl groups is 1. The number of piperidine rings is 1. The zero-order valence-electron chi connectivity index (χ0n) is 14.0. The molecule has 4 nitrogen and oxygen atoms in total. The van der Waals surface area contributed by atoms with Gasteiger partial charge in [0.05, 0.1) is 18.8 Å². The molecule has 0 aromatic heterocycles. The summed E-state index contributed by atoms with van der Waals surface area (Å²) >= 11 is 0. The van der Waals surface area contributed by atoms with Gasteiger partial charge in [0.1, 0.15) is 5.82 Å². The molecule has 1 saturated heterocycles. The highest BCUT2D eigenvalue weighted by Crippen LogP contribution is 2.39. The SMILES string of the molecule is COCC=C1CN(C(C(=O)C2CC2)c2ccccc2F)CCC1O. The Labute approximate surface area is 141 Å². The number of hydrogen-bond acceptors (Lipinski definition) is 4. The lowest BCUT2D eigenvalue weighted by atomic mass is 9.93. The number of ketones is 1. The van der Waals surface area contributed by atoms with E-state index in [1.807, 2.05) is 11.0 Å². The van der Waals surface area contributed by atoms with Crippen LogP contribution in [0.4, 0.5) is 4.39 Å². The van der Waals surface area contributed by atoms with Crippen molar-refractivity contribution in [2.45, 2.75) is 31.4 Å². The van der Waals surface area contributed by atoms with Crippen LogP contribution in [0.15, 0.2) is 35.9 Å². The summed E-state index contributed by atoms with van der Waals surface area (Å²) in [6.45, 7) is 1.45. The first kappa shape index (κ1) is 17.3. The molecule has 2 unspecified atom stereocenters. The first-order valence-corrected chi connectivity index (χ1v) is 8.50. The van der Waals surface area contributed by atoms with E-state index in [1.165, 1.54) is 6.07 Å². The minimum Gasteiger partial charge on any atom is -0.389 e. The van der Waals surface area contributed by atoms with E-state index in [9.17, 15) is 14.3 Å². The number of methoxy groups -OCH3 is 1. The number of hydrogen-bond donors (Lipinski definition) is 1. The van der Waals surface area contributed by atoms with Crippen LogP contribution in [-0.4, -0.2) is 48.7 Å². The Morgan fingerprint density at radius 3 is 2.83 bits per heavy atom. The molecule has 3 rings (SSSR count). The second-order valence-corrected chi connectivity index (χ2v) is 6.61. The summed E-state index contributed by atoms with van der Waals surface area (Å²) < 4.78 is 19.4. The molecular weight excluding hydrogens is 309 g/mol. The maximum absolute atomic E-state index is 14.4. The fourth-order valence-electron chi connectivity index (χ4n) is 3.32. The van der Waals surface area contributed by atoms with Crippen molar-refractivity contribution >= 4 is 5.78 Å². The molecule has 24 heavy (non-hydrogen) atoms. The van der Waals surface area contributed by atoms with E-state index in [0.29, 0.717) is 31.7 Å². The van der Waals surface area contributed by atoms with E-state index in [-0.39, 0.29) is 17.5 Å². The summed E-state index contributed by atoms with van der Waals surface area (Å²) in [6.07, 6.45) is 3.67. The van der Waals surface area contributed by atoms with Crippen LogP contribution >= 0.6 is 0 Å². The number of aliphatic hydroxyl groups excluding tert-OH is 1. The lowest BCUT2D eigenvalue weighted by Gasteiger charge is -2.37. The molecule has 2 aliphatic rings. The first-order valence-electron chi connectivity index (χ1n) is 8.50. The molecule has 1 aliphatic carbocycles. The molecule has 1 aliphatic heterocycles.